The maximum atomic E-state index is 11.6. The zero-order chi connectivity index (χ0) is 11.3. The Labute approximate surface area is 97.9 Å². The Hall–Kier alpha value is -0.300. The normalized spacial score (nSPS) is 28.8. The van der Waals surface area contributed by atoms with Gasteiger partial charge in [-0.1, -0.05) is 38.7 Å². The zero-order valence-electron chi connectivity index (χ0n) is 9.60. The second-order valence-corrected chi connectivity index (χ2v) is 5.20. The summed E-state index contributed by atoms with van der Waals surface area (Å²) < 4.78 is 0. The van der Waals surface area contributed by atoms with Crippen LogP contribution in [-0.4, -0.2) is 10.7 Å². The monoisotopic (exact) mass is 228 g/mol. The quantitative estimate of drug-likeness (QED) is 0.347. The van der Waals surface area contributed by atoms with Crippen molar-refractivity contribution in [2.45, 2.75) is 56.7 Å². The van der Waals surface area contributed by atoms with Crippen LogP contribution in [0, 0.1) is 5.92 Å². The first-order valence-corrected chi connectivity index (χ1v) is 6.36. The van der Waals surface area contributed by atoms with Crippen LogP contribution in [0.3, 0.4) is 0 Å². The van der Waals surface area contributed by atoms with Gasteiger partial charge in [0.05, 0.1) is 0 Å². The molecule has 0 heterocycles. The van der Waals surface area contributed by atoms with Crippen molar-refractivity contribution in [1.29, 1.82) is 0 Å². The number of hydrogen-bond acceptors (Lipinski definition) is 1. The first kappa shape index (κ1) is 12.8. The molecule has 1 rings (SSSR count). The summed E-state index contributed by atoms with van der Waals surface area (Å²) >= 11 is 6.26. The third-order valence-electron chi connectivity index (χ3n) is 3.23. The number of hydrogen-bond donors (Lipinski definition) is 0. The van der Waals surface area contributed by atoms with Gasteiger partial charge in [0.25, 0.3) is 0 Å². The van der Waals surface area contributed by atoms with Crippen molar-refractivity contribution in [3.8, 4) is 0 Å². The molecule has 0 spiro atoms. The van der Waals surface area contributed by atoms with Gasteiger partial charge in [-0.25, -0.2) is 0 Å². The number of allylic oxidation sites excluding steroid dienone is 1. The molecule has 0 radical (unpaired) electrons. The van der Waals surface area contributed by atoms with Crippen LogP contribution in [0.25, 0.3) is 0 Å². The minimum atomic E-state index is -0.513. The van der Waals surface area contributed by atoms with Crippen LogP contribution in [0.1, 0.15) is 51.9 Å². The molecule has 0 unspecified atom stereocenters. The molecule has 15 heavy (non-hydrogen) atoms. The molecule has 0 aromatic heterocycles. The first-order valence-electron chi connectivity index (χ1n) is 5.98. The van der Waals surface area contributed by atoms with Gasteiger partial charge in [-0.15, -0.1) is 18.2 Å². The summed E-state index contributed by atoms with van der Waals surface area (Å²) in [6, 6.07) is 0. The van der Waals surface area contributed by atoms with Gasteiger partial charge in [0.15, 0.2) is 5.78 Å². The molecule has 1 fully saturated rings. The summed E-state index contributed by atoms with van der Waals surface area (Å²) in [6.07, 6.45) is 9.12. The minimum Gasteiger partial charge on any atom is -0.297 e. The Kier molecular flexibility index (Phi) is 4.85. The van der Waals surface area contributed by atoms with Crippen molar-refractivity contribution >= 4 is 17.4 Å². The lowest BCUT2D eigenvalue weighted by atomic mass is 10.1. The third kappa shape index (κ3) is 3.34. The second kappa shape index (κ2) is 5.69. The topological polar surface area (TPSA) is 17.1 Å². The van der Waals surface area contributed by atoms with E-state index < -0.39 is 4.87 Å². The van der Waals surface area contributed by atoms with Crippen LogP contribution in [0.5, 0.6) is 0 Å². The highest BCUT2D eigenvalue weighted by Gasteiger charge is 2.56. The maximum Gasteiger partial charge on any atom is 0.157 e. The highest BCUT2D eigenvalue weighted by Crippen LogP contribution is 2.53. The molecule has 0 N–H and O–H groups in total. The maximum absolute atomic E-state index is 11.6. The lowest BCUT2D eigenvalue weighted by molar-refractivity contribution is -0.118. The van der Waals surface area contributed by atoms with Gasteiger partial charge >= 0.3 is 0 Å². The zero-order valence-corrected chi connectivity index (χ0v) is 10.4. The highest BCUT2D eigenvalue weighted by molar-refractivity contribution is 6.38. The number of carbonyl (C=O) groups excluding carboxylic acids is 1. The number of Topliss-reactive ketones (excluding diaryl/α,β-unsaturated/α-hetero) is 1. The summed E-state index contributed by atoms with van der Waals surface area (Å²) in [5, 5.41) is 0. The number of carbonyl (C=O) groups is 1. The van der Waals surface area contributed by atoms with E-state index in [-0.39, 0.29) is 5.78 Å². The van der Waals surface area contributed by atoms with Gasteiger partial charge in [-0.3, -0.25) is 4.79 Å². The molecule has 1 nitrogen and oxygen atoms in total. The fourth-order valence-corrected chi connectivity index (χ4v) is 2.46. The average Bonchev–Trinajstić information content (AvgIpc) is 2.87. The van der Waals surface area contributed by atoms with E-state index in [1.807, 2.05) is 0 Å². The molecule has 86 valence electrons. The third-order valence-corrected chi connectivity index (χ3v) is 3.90. The van der Waals surface area contributed by atoms with Gasteiger partial charge in [0.1, 0.15) is 4.87 Å². The number of halogens is 1. The van der Waals surface area contributed by atoms with Crippen molar-refractivity contribution < 1.29 is 4.79 Å². The lowest BCUT2D eigenvalue weighted by Crippen LogP contribution is -2.17. The van der Waals surface area contributed by atoms with E-state index in [1.165, 1.54) is 25.7 Å². The van der Waals surface area contributed by atoms with E-state index in [0.717, 1.165) is 12.8 Å². The van der Waals surface area contributed by atoms with Gasteiger partial charge in [-0.2, -0.15) is 0 Å². The summed E-state index contributed by atoms with van der Waals surface area (Å²) in [5.74, 6) is 0.600. The van der Waals surface area contributed by atoms with Crippen LogP contribution < -0.4 is 0 Å². The molecule has 0 aliphatic heterocycles. The molecule has 1 aliphatic rings. The molecule has 0 aromatic carbocycles. The van der Waals surface area contributed by atoms with Crippen LogP contribution in [0.2, 0.25) is 0 Å². The summed E-state index contributed by atoms with van der Waals surface area (Å²) in [6.45, 7) is 5.78. The van der Waals surface area contributed by atoms with E-state index >= 15 is 0 Å². The highest BCUT2D eigenvalue weighted by atomic mass is 35.5. The predicted octanol–water partition coefficient (Wildman–Crippen LogP) is 4.10. The Morgan fingerprint density at radius 3 is 2.87 bits per heavy atom. The number of alkyl halides is 1. The molecular weight excluding hydrogens is 208 g/mol. The molecule has 1 aliphatic carbocycles. The van der Waals surface area contributed by atoms with Gasteiger partial charge in [0, 0.05) is 6.42 Å². The molecule has 1 saturated carbocycles. The molecular formula is C13H21ClO. The van der Waals surface area contributed by atoms with Crippen LogP contribution in [-0.2, 0) is 4.79 Å². The SMILES string of the molecule is C=CCC(=O)[C@]1(Cl)C[C@H]1CCCCCC. The smallest absolute Gasteiger partial charge is 0.157 e. The Bertz CT molecular complexity index is 237. The fourth-order valence-electron chi connectivity index (χ4n) is 2.09. The molecule has 0 amide bonds. The first-order chi connectivity index (χ1) is 7.15. The standard InChI is InChI=1S/C13H21ClO/c1-3-5-6-7-9-11-10-13(11,14)12(15)8-4-2/h4,11H,2-3,5-10H2,1H3/t11-,13+/m1/s1. The molecule has 2 heteroatoms. The molecule has 0 aromatic rings. The van der Waals surface area contributed by atoms with Crippen LogP contribution >= 0.6 is 11.6 Å². The van der Waals surface area contributed by atoms with Crippen molar-refractivity contribution in [3.05, 3.63) is 12.7 Å². The second-order valence-electron chi connectivity index (χ2n) is 4.53. The summed E-state index contributed by atoms with van der Waals surface area (Å²) in [4.78, 5) is 11.1. The largest absolute Gasteiger partial charge is 0.297 e. The van der Waals surface area contributed by atoms with Gasteiger partial charge in [0.2, 0.25) is 0 Å². The van der Waals surface area contributed by atoms with Crippen molar-refractivity contribution in [3.63, 3.8) is 0 Å². The van der Waals surface area contributed by atoms with E-state index in [4.69, 9.17) is 11.6 Å². The molecule has 2 atom stereocenters. The Balaban J connectivity index is 2.19. The Morgan fingerprint density at radius 2 is 2.27 bits per heavy atom. The lowest BCUT2D eigenvalue weighted by Gasteiger charge is -2.06. The summed E-state index contributed by atoms with van der Waals surface area (Å²) in [7, 11) is 0. The van der Waals surface area contributed by atoms with Crippen molar-refractivity contribution in [1.82, 2.24) is 0 Å². The molecule has 0 bridgehead atoms. The van der Waals surface area contributed by atoms with Crippen LogP contribution in [0.4, 0.5) is 0 Å². The average molecular weight is 229 g/mol. The van der Waals surface area contributed by atoms with E-state index in [2.05, 4.69) is 13.5 Å². The fraction of sp³-hybridized carbons (Fsp3) is 0.769. The minimum absolute atomic E-state index is 0.166. The van der Waals surface area contributed by atoms with Crippen LogP contribution in [0.15, 0.2) is 12.7 Å². The van der Waals surface area contributed by atoms with E-state index in [1.54, 1.807) is 6.08 Å². The van der Waals surface area contributed by atoms with Crippen molar-refractivity contribution in [2.75, 3.05) is 0 Å². The van der Waals surface area contributed by atoms with Crippen molar-refractivity contribution in [2.24, 2.45) is 5.92 Å². The Morgan fingerprint density at radius 1 is 1.53 bits per heavy atom. The van der Waals surface area contributed by atoms with Gasteiger partial charge < -0.3 is 0 Å². The van der Waals surface area contributed by atoms with E-state index in [9.17, 15) is 4.79 Å². The number of ketones is 1. The summed E-state index contributed by atoms with van der Waals surface area (Å²) in [5.41, 5.74) is 0. The van der Waals surface area contributed by atoms with Gasteiger partial charge in [-0.05, 0) is 18.8 Å². The predicted molar refractivity (Wildman–Crippen MR) is 65.3 cm³/mol. The number of unbranched alkanes of at least 4 members (excludes halogenated alkanes) is 3. The molecule has 0 saturated heterocycles. The van der Waals surface area contributed by atoms with E-state index in [0.29, 0.717) is 12.3 Å². The number of rotatable bonds is 8.